The smallest absolute Gasteiger partial charge is 0.125 e. The molecule has 0 atom stereocenters. The van der Waals surface area contributed by atoms with Crippen LogP contribution in [0, 0.1) is 6.92 Å². The Bertz CT molecular complexity index is 505. The molecule has 2 heterocycles. The third-order valence-corrected chi connectivity index (χ3v) is 3.87. The molecule has 3 nitrogen and oxygen atoms in total. The summed E-state index contributed by atoms with van der Waals surface area (Å²) in [7, 11) is 0. The van der Waals surface area contributed by atoms with Crippen LogP contribution in [-0.4, -0.2) is 9.97 Å². The Morgan fingerprint density at radius 3 is 2.88 bits per heavy atom. The molecule has 0 bridgehead atoms. The van der Waals surface area contributed by atoms with Crippen molar-refractivity contribution in [3.63, 3.8) is 0 Å². The van der Waals surface area contributed by atoms with Crippen LogP contribution < -0.4 is 5.73 Å². The zero-order valence-corrected chi connectivity index (χ0v) is 11.0. The molecule has 2 aromatic rings. The zero-order chi connectivity index (χ0) is 12.3. The number of aryl methyl sites for hydroxylation is 2. The zero-order valence-electron chi connectivity index (χ0n) is 10.2. The van der Waals surface area contributed by atoms with Crippen LogP contribution in [0.5, 0.6) is 0 Å². The van der Waals surface area contributed by atoms with E-state index in [0.29, 0.717) is 6.54 Å². The van der Waals surface area contributed by atoms with Gasteiger partial charge in [-0.25, -0.2) is 4.98 Å². The molecule has 0 unspecified atom stereocenters. The van der Waals surface area contributed by atoms with Gasteiger partial charge in [-0.05, 0) is 25.0 Å². The van der Waals surface area contributed by atoms with Crippen molar-refractivity contribution < 1.29 is 0 Å². The number of nitrogens with zero attached hydrogens (tertiary/aromatic N) is 2. The van der Waals surface area contributed by atoms with Crippen molar-refractivity contribution in [1.82, 2.24) is 9.97 Å². The van der Waals surface area contributed by atoms with Crippen molar-refractivity contribution in [3.05, 3.63) is 34.6 Å². The fourth-order valence-electron chi connectivity index (χ4n) is 1.78. The maximum absolute atomic E-state index is 5.77. The number of hydrogen-bond donors (Lipinski definition) is 1. The minimum atomic E-state index is 0.576. The Hall–Kier alpha value is -1.26. The SMILES string of the molecule is CCCc1nc(-c2cnccc2C)sc1CN. The first-order valence-electron chi connectivity index (χ1n) is 5.86. The van der Waals surface area contributed by atoms with Crippen LogP contribution in [0.2, 0.25) is 0 Å². The van der Waals surface area contributed by atoms with Crippen molar-refractivity contribution in [1.29, 1.82) is 0 Å². The van der Waals surface area contributed by atoms with Gasteiger partial charge in [0.1, 0.15) is 5.01 Å². The van der Waals surface area contributed by atoms with Crippen LogP contribution in [0.25, 0.3) is 10.6 Å². The van der Waals surface area contributed by atoms with E-state index in [-0.39, 0.29) is 0 Å². The molecule has 0 spiro atoms. The van der Waals surface area contributed by atoms with Gasteiger partial charge in [0.2, 0.25) is 0 Å². The first-order chi connectivity index (χ1) is 8.26. The molecular weight excluding hydrogens is 230 g/mol. The van der Waals surface area contributed by atoms with Crippen LogP contribution in [0.4, 0.5) is 0 Å². The number of thiazole rings is 1. The Kier molecular flexibility index (Phi) is 3.86. The van der Waals surface area contributed by atoms with E-state index in [2.05, 4.69) is 18.8 Å². The van der Waals surface area contributed by atoms with E-state index in [1.54, 1.807) is 11.3 Å². The lowest BCUT2D eigenvalue weighted by Gasteiger charge is -1.99. The number of pyridine rings is 1. The Labute approximate surface area is 106 Å². The standard InChI is InChI=1S/C13H17N3S/c1-3-4-11-12(7-14)17-13(16-11)10-8-15-6-5-9(10)2/h5-6,8H,3-4,7,14H2,1-2H3. The van der Waals surface area contributed by atoms with Gasteiger partial charge in [0.05, 0.1) is 5.69 Å². The van der Waals surface area contributed by atoms with Crippen molar-refractivity contribution in [3.8, 4) is 10.6 Å². The molecule has 0 saturated carbocycles. The van der Waals surface area contributed by atoms with E-state index in [9.17, 15) is 0 Å². The quantitative estimate of drug-likeness (QED) is 0.903. The number of aromatic nitrogens is 2. The minimum Gasteiger partial charge on any atom is -0.326 e. The summed E-state index contributed by atoms with van der Waals surface area (Å²) in [6.45, 7) is 4.82. The highest BCUT2D eigenvalue weighted by atomic mass is 32.1. The van der Waals surface area contributed by atoms with Crippen LogP contribution in [-0.2, 0) is 13.0 Å². The number of nitrogens with two attached hydrogens (primary N) is 1. The molecule has 4 heteroatoms. The van der Waals surface area contributed by atoms with Gasteiger partial charge in [-0.1, -0.05) is 13.3 Å². The second-order valence-electron chi connectivity index (χ2n) is 4.03. The molecule has 0 aliphatic carbocycles. The molecule has 90 valence electrons. The fourth-order valence-corrected chi connectivity index (χ4v) is 2.84. The predicted octanol–water partition coefficient (Wildman–Crippen LogP) is 2.92. The summed E-state index contributed by atoms with van der Waals surface area (Å²) in [5.41, 5.74) is 9.24. The van der Waals surface area contributed by atoms with E-state index in [1.165, 1.54) is 10.4 Å². The number of hydrogen-bond acceptors (Lipinski definition) is 4. The number of rotatable bonds is 4. The molecule has 0 aromatic carbocycles. The molecule has 2 rings (SSSR count). The van der Waals surface area contributed by atoms with Crippen molar-refractivity contribution in [2.75, 3.05) is 0 Å². The van der Waals surface area contributed by atoms with Gasteiger partial charge in [0.15, 0.2) is 0 Å². The van der Waals surface area contributed by atoms with Crippen LogP contribution in [0.3, 0.4) is 0 Å². The Balaban J connectivity index is 2.43. The monoisotopic (exact) mass is 247 g/mol. The summed E-state index contributed by atoms with van der Waals surface area (Å²) in [5, 5.41) is 1.04. The van der Waals surface area contributed by atoms with Crippen molar-refractivity contribution in [2.45, 2.75) is 33.2 Å². The first kappa shape index (κ1) is 12.2. The van der Waals surface area contributed by atoms with Gasteiger partial charge in [-0.3, -0.25) is 4.98 Å². The molecule has 0 radical (unpaired) electrons. The van der Waals surface area contributed by atoms with Gasteiger partial charge >= 0.3 is 0 Å². The topological polar surface area (TPSA) is 51.8 Å². The van der Waals surface area contributed by atoms with Gasteiger partial charge in [0, 0.05) is 29.4 Å². The molecule has 17 heavy (non-hydrogen) atoms. The third kappa shape index (κ3) is 2.53. The summed E-state index contributed by atoms with van der Waals surface area (Å²) in [5.74, 6) is 0. The summed E-state index contributed by atoms with van der Waals surface area (Å²) >= 11 is 1.69. The normalized spacial score (nSPS) is 10.8. The van der Waals surface area contributed by atoms with Gasteiger partial charge in [-0.15, -0.1) is 11.3 Å². The van der Waals surface area contributed by atoms with Crippen LogP contribution in [0.1, 0.15) is 29.5 Å². The lowest BCUT2D eigenvalue weighted by Crippen LogP contribution is -1.97. The molecule has 0 aliphatic rings. The van der Waals surface area contributed by atoms with E-state index < -0.39 is 0 Å². The van der Waals surface area contributed by atoms with Gasteiger partial charge in [-0.2, -0.15) is 0 Å². The molecule has 2 aromatic heterocycles. The highest BCUT2D eigenvalue weighted by Gasteiger charge is 2.12. The molecule has 0 fully saturated rings. The summed E-state index contributed by atoms with van der Waals surface area (Å²) in [6, 6.07) is 2.01. The minimum absolute atomic E-state index is 0.576. The van der Waals surface area contributed by atoms with E-state index in [4.69, 9.17) is 10.7 Å². The van der Waals surface area contributed by atoms with Crippen LogP contribution >= 0.6 is 11.3 Å². The molecular formula is C13H17N3S. The second-order valence-corrected chi connectivity index (χ2v) is 5.12. The molecule has 0 aliphatic heterocycles. The highest BCUT2D eigenvalue weighted by Crippen LogP contribution is 2.30. The fraction of sp³-hybridized carbons (Fsp3) is 0.385. The largest absolute Gasteiger partial charge is 0.326 e. The highest BCUT2D eigenvalue weighted by molar-refractivity contribution is 7.15. The second kappa shape index (κ2) is 5.38. The van der Waals surface area contributed by atoms with E-state index in [0.717, 1.165) is 29.1 Å². The predicted molar refractivity (Wildman–Crippen MR) is 72.0 cm³/mol. The van der Waals surface area contributed by atoms with Crippen molar-refractivity contribution >= 4 is 11.3 Å². The summed E-state index contributed by atoms with van der Waals surface area (Å²) in [4.78, 5) is 10.1. The Morgan fingerprint density at radius 2 is 2.24 bits per heavy atom. The summed E-state index contributed by atoms with van der Waals surface area (Å²) < 4.78 is 0. The lowest BCUT2D eigenvalue weighted by atomic mass is 10.2. The molecule has 2 N–H and O–H groups in total. The van der Waals surface area contributed by atoms with Gasteiger partial charge < -0.3 is 5.73 Å². The lowest BCUT2D eigenvalue weighted by molar-refractivity contribution is 0.871. The maximum Gasteiger partial charge on any atom is 0.125 e. The first-order valence-corrected chi connectivity index (χ1v) is 6.67. The van der Waals surface area contributed by atoms with Crippen molar-refractivity contribution in [2.24, 2.45) is 5.73 Å². The van der Waals surface area contributed by atoms with Gasteiger partial charge in [0.25, 0.3) is 0 Å². The Morgan fingerprint density at radius 1 is 1.41 bits per heavy atom. The van der Waals surface area contributed by atoms with E-state index >= 15 is 0 Å². The summed E-state index contributed by atoms with van der Waals surface area (Å²) in [6.07, 6.45) is 5.79. The van der Waals surface area contributed by atoms with Crippen LogP contribution in [0.15, 0.2) is 18.5 Å². The average molecular weight is 247 g/mol. The third-order valence-electron chi connectivity index (χ3n) is 2.72. The van der Waals surface area contributed by atoms with E-state index in [1.807, 2.05) is 18.5 Å². The average Bonchev–Trinajstić information content (AvgIpc) is 2.73. The maximum atomic E-state index is 5.77. The molecule has 0 amide bonds. The molecule has 0 saturated heterocycles.